The Hall–Kier alpha value is -2.35. The van der Waals surface area contributed by atoms with Crippen LogP contribution in [0.5, 0.6) is 0 Å². The molecule has 0 fully saturated rings. The van der Waals surface area contributed by atoms with E-state index in [1.165, 1.54) is 24.8 Å². The molecule has 2 aromatic heterocycles. The Kier molecular flexibility index (Phi) is 4.38. The number of carbonyl (C=O) groups is 1. The summed E-state index contributed by atoms with van der Waals surface area (Å²) in [5.74, 6) is 0.0866. The fourth-order valence-corrected chi connectivity index (χ4v) is 2.90. The van der Waals surface area contributed by atoms with Crippen molar-refractivity contribution < 1.29 is 4.79 Å². The molecule has 2 heteroatoms. The second-order valence-electron chi connectivity index (χ2n) is 5.66. The van der Waals surface area contributed by atoms with Crippen molar-refractivity contribution in [3.8, 4) is 0 Å². The molecule has 2 heterocycles. The lowest BCUT2D eigenvalue weighted by molar-refractivity contribution is 0.103. The van der Waals surface area contributed by atoms with Gasteiger partial charge in [-0.1, -0.05) is 56.2 Å². The highest BCUT2D eigenvalue weighted by atomic mass is 16.1. The van der Waals surface area contributed by atoms with Gasteiger partial charge in [0.25, 0.3) is 0 Å². The molecule has 0 saturated carbocycles. The maximum Gasteiger partial charge on any atom is 0.209 e. The maximum absolute atomic E-state index is 12.8. The lowest BCUT2D eigenvalue weighted by Gasteiger charge is -2.02. The minimum Gasteiger partial charge on any atom is -0.313 e. The van der Waals surface area contributed by atoms with E-state index >= 15 is 0 Å². The van der Waals surface area contributed by atoms with Crippen molar-refractivity contribution in [2.24, 2.45) is 0 Å². The third kappa shape index (κ3) is 2.82. The summed E-state index contributed by atoms with van der Waals surface area (Å²) in [4.78, 5) is 12.8. The molecule has 0 saturated heterocycles. The van der Waals surface area contributed by atoms with Crippen LogP contribution in [0.3, 0.4) is 0 Å². The van der Waals surface area contributed by atoms with Crippen molar-refractivity contribution in [3.63, 3.8) is 0 Å². The van der Waals surface area contributed by atoms with Gasteiger partial charge in [0, 0.05) is 17.3 Å². The summed E-state index contributed by atoms with van der Waals surface area (Å²) in [6.45, 7) is 2.21. The molecule has 0 spiro atoms. The van der Waals surface area contributed by atoms with Gasteiger partial charge in [-0.25, -0.2) is 0 Å². The van der Waals surface area contributed by atoms with E-state index in [4.69, 9.17) is 0 Å². The number of aromatic nitrogens is 1. The van der Waals surface area contributed by atoms with Gasteiger partial charge in [-0.05, 0) is 36.6 Å². The van der Waals surface area contributed by atoms with Gasteiger partial charge >= 0.3 is 0 Å². The number of benzene rings is 1. The van der Waals surface area contributed by atoms with Crippen LogP contribution in [0.25, 0.3) is 5.52 Å². The zero-order valence-corrected chi connectivity index (χ0v) is 13.0. The number of carbonyl (C=O) groups excluding carboxylic acids is 1. The predicted molar refractivity (Wildman–Crippen MR) is 90.5 cm³/mol. The molecule has 0 N–H and O–H groups in total. The third-order valence-corrected chi connectivity index (χ3v) is 4.08. The summed E-state index contributed by atoms with van der Waals surface area (Å²) >= 11 is 0. The zero-order valence-electron chi connectivity index (χ0n) is 13.0. The molecule has 22 heavy (non-hydrogen) atoms. The predicted octanol–water partition coefficient (Wildman–Crippen LogP) is 4.90. The number of fused-ring (bicyclic) bond motifs is 1. The third-order valence-electron chi connectivity index (χ3n) is 4.08. The molecule has 0 aliphatic heterocycles. The second-order valence-corrected chi connectivity index (χ2v) is 5.66. The van der Waals surface area contributed by atoms with E-state index < -0.39 is 0 Å². The van der Waals surface area contributed by atoms with Crippen molar-refractivity contribution >= 4 is 11.3 Å². The molecule has 0 amide bonds. The number of ketones is 1. The van der Waals surface area contributed by atoms with Crippen molar-refractivity contribution in [1.29, 1.82) is 0 Å². The number of rotatable bonds is 6. The van der Waals surface area contributed by atoms with E-state index in [2.05, 4.69) is 19.1 Å². The van der Waals surface area contributed by atoms with E-state index in [-0.39, 0.29) is 5.78 Å². The minimum atomic E-state index is 0.0866. The topological polar surface area (TPSA) is 21.5 Å². The number of hydrogen-bond acceptors (Lipinski definition) is 1. The summed E-state index contributed by atoms with van der Waals surface area (Å²) in [6.07, 6.45) is 6.62. The SMILES string of the molecule is CCCCCc1cc(C(=O)c2ccccc2)n2ccccc12. The monoisotopic (exact) mass is 291 g/mol. The molecule has 0 aliphatic carbocycles. The summed E-state index contributed by atoms with van der Waals surface area (Å²) in [5.41, 5.74) is 3.92. The Labute approximate surface area is 131 Å². The van der Waals surface area contributed by atoms with Gasteiger partial charge in [0.1, 0.15) is 0 Å². The van der Waals surface area contributed by atoms with Gasteiger partial charge in [0.05, 0.1) is 5.69 Å². The van der Waals surface area contributed by atoms with Crippen LogP contribution >= 0.6 is 0 Å². The van der Waals surface area contributed by atoms with Crippen LogP contribution in [0.4, 0.5) is 0 Å². The number of hydrogen-bond donors (Lipinski definition) is 0. The Morgan fingerprint density at radius 3 is 2.55 bits per heavy atom. The summed E-state index contributed by atoms with van der Waals surface area (Å²) in [7, 11) is 0. The molecule has 1 aromatic carbocycles. The van der Waals surface area contributed by atoms with E-state index in [1.54, 1.807) is 0 Å². The van der Waals surface area contributed by atoms with Crippen molar-refractivity contribution in [3.05, 3.63) is 77.6 Å². The highest BCUT2D eigenvalue weighted by Crippen LogP contribution is 2.21. The molecule has 0 radical (unpaired) electrons. The minimum absolute atomic E-state index is 0.0866. The van der Waals surface area contributed by atoms with Gasteiger partial charge in [0.15, 0.2) is 0 Å². The molecule has 0 aliphatic rings. The second kappa shape index (κ2) is 6.61. The molecule has 0 bridgehead atoms. The van der Waals surface area contributed by atoms with Gasteiger partial charge in [0.2, 0.25) is 5.78 Å². The largest absolute Gasteiger partial charge is 0.313 e. The van der Waals surface area contributed by atoms with Crippen molar-refractivity contribution in [2.45, 2.75) is 32.6 Å². The van der Waals surface area contributed by atoms with Crippen molar-refractivity contribution in [1.82, 2.24) is 4.40 Å². The first-order valence-corrected chi connectivity index (χ1v) is 8.00. The summed E-state index contributed by atoms with van der Waals surface area (Å²) in [5, 5.41) is 0. The fraction of sp³-hybridized carbons (Fsp3) is 0.250. The fourth-order valence-electron chi connectivity index (χ4n) is 2.90. The molecular weight excluding hydrogens is 270 g/mol. The van der Waals surface area contributed by atoms with Crippen molar-refractivity contribution in [2.75, 3.05) is 0 Å². The standard InChI is InChI=1S/C20H21NO/c1-2-3-5-12-17-15-19(21-14-9-8-13-18(17)21)20(22)16-10-6-4-7-11-16/h4,6-11,13-15H,2-3,5,12H2,1H3. The zero-order chi connectivity index (χ0) is 15.4. The smallest absolute Gasteiger partial charge is 0.209 e. The van der Waals surface area contributed by atoms with Crippen LogP contribution < -0.4 is 0 Å². The van der Waals surface area contributed by atoms with Crippen LogP contribution in [-0.2, 0) is 6.42 Å². The first kappa shape index (κ1) is 14.6. The van der Waals surface area contributed by atoms with Gasteiger partial charge < -0.3 is 4.40 Å². The molecule has 2 nitrogen and oxygen atoms in total. The number of unbranched alkanes of at least 4 members (excludes halogenated alkanes) is 2. The van der Waals surface area contributed by atoms with E-state index in [0.717, 1.165) is 23.2 Å². The number of pyridine rings is 1. The van der Waals surface area contributed by atoms with E-state index in [1.807, 2.05) is 53.1 Å². The maximum atomic E-state index is 12.8. The molecule has 0 unspecified atom stereocenters. The molecule has 3 rings (SSSR count). The Morgan fingerprint density at radius 1 is 1.00 bits per heavy atom. The molecule has 112 valence electrons. The van der Waals surface area contributed by atoms with Crippen LogP contribution in [0, 0.1) is 0 Å². The van der Waals surface area contributed by atoms with Crippen LogP contribution in [-0.4, -0.2) is 10.2 Å². The average Bonchev–Trinajstić information content (AvgIpc) is 2.94. The molecule has 0 atom stereocenters. The Morgan fingerprint density at radius 2 is 1.77 bits per heavy atom. The van der Waals surface area contributed by atoms with E-state index in [0.29, 0.717) is 0 Å². The first-order chi connectivity index (χ1) is 10.8. The average molecular weight is 291 g/mol. The van der Waals surface area contributed by atoms with Crippen LogP contribution in [0.1, 0.15) is 47.8 Å². The molecule has 3 aromatic rings. The van der Waals surface area contributed by atoms with Crippen LogP contribution in [0.15, 0.2) is 60.8 Å². The van der Waals surface area contributed by atoms with Gasteiger partial charge in [-0.3, -0.25) is 4.79 Å². The summed E-state index contributed by atoms with van der Waals surface area (Å²) in [6, 6.07) is 17.7. The normalized spacial score (nSPS) is 11.0. The molecular formula is C20H21NO. The quantitative estimate of drug-likeness (QED) is 0.467. The van der Waals surface area contributed by atoms with Crippen LogP contribution in [0.2, 0.25) is 0 Å². The highest BCUT2D eigenvalue weighted by Gasteiger charge is 2.16. The lowest BCUT2D eigenvalue weighted by atomic mass is 10.1. The lowest BCUT2D eigenvalue weighted by Crippen LogP contribution is -2.04. The number of aryl methyl sites for hydroxylation is 1. The van der Waals surface area contributed by atoms with Gasteiger partial charge in [-0.15, -0.1) is 0 Å². The van der Waals surface area contributed by atoms with Gasteiger partial charge in [-0.2, -0.15) is 0 Å². The van der Waals surface area contributed by atoms with E-state index in [9.17, 15) is 4.79 Å². The highest BCUT2D eigenvalue weighted by molar-refractivity contribution is 6.08. The Balaban J connectivity index is 2.01. The number of nitrogens with zero attached hydrogens (tertiary/aromatic N) is 1. The summed E-state index contributed by atoms with van der Waals surface area (Å²) < 4.78 is 2.02. The first-order valence-electron chi connectivity index (χ1n) is 8.00. The Bertz CT molecular complexity index is 771.